The number of halogens is 1. The number of fused-ring (bicyclic) bond motifs is 1. The molecule has 10 heteroatoms. The Balaban J connectivity index is 1.19. The molecular formula is C25H23FN4O5. The molecule has 2 aromatic carbocycles. The lowest BCUT2D eigenvalue weighted by molar-refractivity contribution is 0.00916. The standard InChI is InChI=1S/C25H23FN4O5/c1-14(31)15-4-3-7-18(11-15)28-25(32)35-21-13-34-22-20(12-33-23(21)22)30-24-27-9-8-19(29-24)16-5-2-6-17(26)10-16/h2-11,20-23H,12-13H2,1H3,(H,28,32)(H,27,29,30)/t20-,21-,22-,23+/m0/s1. The number of nitrogens with zero attached hydrogens (tertiary/aromatic N) is 2. The monoisotopic (exact) mass is 478 g/mol. The van der Waals surface area contributed by atoms with Gasteiger partial charge in [-0.15, -0.1) is 0 Å². The topological polar surface area (TPSA) is 112 Å². The zero-order valence-electron chi connectivity index (χ0n) is 18.8. The summed E-state index contributed by atoms with van der Waals surface area (Å²) in [7, 11) is 0. The molecule has 2 fully saturated rings. The van der Waals surface area contributed by atoms with Gasteiger partial charge in [0.15, 0.2) is 11.9 Å². The van der Waals surface area contributed by atoms with E-state index in [0.717, 1.165) is 0 Å². The number of ether oxygens (including phenoxy) is 3. The second-order valence-corrected chi connectivity index (χ2v) is 8.33. The van der Waals surface area contributed by atoms with Gasteiger partial charge >= 0.3 is 6.09 Å². The van der Waals surface area contributed by atoms with Crippen LogP contribution >= 0.6 is 0 Å². The number of rotatable bonds is 6. The summed E-state index contributed by atoms with van der Waals surface area (Å²) in [6.45, 7) is 1.95. The molecule has 0 saturated carbocycles. The van der Waals surface area contributed by atoms with Crippen LogP contribution in [0.25, 0.3) is 11.3 Å². The summed E-state index contributed by atoms with van der Waals surface area (Å²) >= 11 is 0. The number of carbonyl (C=O) groups excluding carboxylic acids is 2. The van der Waals surface area contributed by atoms with Crippen LogP contribution in [-0.4, -0.2) is 59.4 Å². The van der Waals surface area contributed by atoms with Crippen LogP contribution in [0.1, 0.15) is 17.3 Å². The van der Waals surface area contributed by atoms with Gasteiger partial charge < -0.3 is 19.5 Å². The molecule has 1 amide bonds. The Morgan fingerprint density at radius 2 is 1.89 bits per heavy atom. The van der Waals surface area contributed by atoms with Gasteiger partial charge in [-0.3, -0.25) is 10.1 Å². The van der Waals surface area contributed by atoms with Crippen molar-refractivity contribution in [1.82, 2.24) is 9.97 Å². The molecule has 180 valence electrons. The van der Waals surface area contributed by atoms with Gasteiger partial charge in [-0.1, -0.05) is 24.3 Å². The van der Waals surface area contributed by atoms with Crippen LogP contribution in [0.3, 0.4) is 0 Å². The van der Waals surface area contributed by atoms with Crippen molar-refractivity contribution in [3.05, 3.63) is 72.2 Å². The highest BCUT2D eigenvalue weighted by atomic mass is 19.1. The van der Waals surface area contributed by atoms with Crippen molar-refractivity contribution in [1.29, 1.82) is 0 Å². The fourth-order valence-electron chi connectivity index (χ4n) is 4.19. The minimum atomic E-state index is -0.661. The smallest absolute Gasteiger partial charge is 0.412 e. The molecule has 3 aromatic rings. The zero-order chi connectivity index (χ0) is 24.4. The number of Topliss-reactive ketones (excluding diaryl/α,β-unsaturated/α-hetero) is 1. The number of anilines is 2. The quantitative estimate of drug-likeness (QED) is 0.516. The van der Waals surface area contributed by atoms with Crippen LogP contribution in [0, 0.1) is 5.82 Å². The van der Waals surface area contributed by atoms with Crippen LogP contribution in [0.4, 0.5) is 20.8 Å². The van der Waals surface area contributed by atoms with Crippen LogP contribution in [0.2, 0.25) is 0 Å². The molecule has 0 radical (unpaired) electrons. The van der Waals surface area contributed by atoms with Gasteiger partial charge in [0.1, 0.15) is 18.0 Å². The summed E-state index contributed by atoms with van der Waals surface area (Å²) in [6.07, 6.45) is -0.479. The van der Waals surface area contributed by atoms with Gasteiger partial charge in [0.25, 0.3) is 0 Å². The zero-order valence-corrected chi connectivity index (χ0v) is 18.8. The number of carbonyl (C=O) groups is 2. The predicted molar refractivity (Wildman–Crippen MR) is 125 cm³/mol. The van der Waals surface area contributed by atoms with E-state index in [2.05, 4.69) is 20.6 Å². The fraction of sp³-hybridized carbons (Fsp3) is 0.280. The van der Waals surface area contributed by atoms with Crippen LogP contribution < -0.4 is 10.6 Å². The Labute approximate surface area is 200 Å². The average molecular weight is 478 g/mol. The number of benzene rings is 2. The molecule has 1 aromatic heterocycles. The molecule has 4 atom stereocenters. The van der Waals surface area contributed by atoms with E-state index in [1.54, 1.807) is 48.7 Å². The minimum Gasteiger partial charge on any atom is -0.441 e. The van der Waals surface area contributed by atoms with Crippen molar-refractivity contribution >= 4 is 23.5 Å². The van der Waals surface area contributed by atoms with E-state index >= 15 is 0 Å². The Bertz CT molecular complexity index is 1260. The van der Waals surface area contributed by atoms with Gasteiger partial charge in [-0.05, 0) is 37.3 Å². The Morgan fingerprint density at radius 3 is 2.71 bits per heavy atom. The normalized spacial score (nSPS) is 22.9. The summed E-state index contributed by atoms with van der Waals surface area (Å²) in [4.78, 5) is 32.7. The lowest BCUT2D eigenvalue weighted by Crippen LogP contribution is -2.38. The highest BCUT2D eigenvalue weighted by molar-refractivity contribution is 5.96. The molecule has 0 unspecified atom stereocenters. The molecule has 2 N–H and O–H groups in total. The third kappa shape index (κ3) is 5.13. The molecular weight excluding hydrogens is 455 g/mol. The Morgan fingerprint density at radius 1 is 1.06 bits per heavy atom. The van der Waals surface area contributed by atoms with E-state index in [1.807, 2.05) is 0 Å². The van der Waals surface area contributed by atoms with Crippen LogP contribution in [0.15, 0.2) is 60.8 Å². The van der Waals surface area contributed by atoms with E-state index in [4.69, 9.17) is 14.2 Å². The largest absolute Gasteiger partial charge is 0.441 e. The first-order chi connectivity index (χ1) is 17.0. The molecule has 9 nitrogen and oxygen atoms in total. The molecule has 5 rings (SSSR count). The van der Waals surface area contributed by atoms with Crippen LogP contribution in [0.5, 0.6) is 0 Å². The summed E-state index contributed by atoms with van der Waals surface area (Å²) in [5, 5.41) is 5.85. The first-order valence-corrected chi connectivity index (χ1v) is 11.1. The number of ketones is 1. The predicted octanol–water partition coefficient (Wildman–Crippen LogP) is 3.68. The SMILES string of the molecule is CC(=O)c1cccc(NC(=O)O[C@H]2CO[C@@H]3[C@@H]2OC[C@@H]3Nc2nccc(-c3cccc(F)c3)n2)c1. The van der Waals surface area contributed by atoms with E-state index in [-0.39, 0.29) is 30.4 Å². The number of hydrogen-bond donors (Lipinski definition) is 2. The minimum absolute atomic E-state index is 0.0996. The number of aromatic nitrogens is 2. The van der Waals surface area contributed by atoms with Crippen molar-refractivity contribution in [2.75, 3.05) is 23.8 Å². The van der Waals surface area contributed by atoms with E-state index < -0.39 is 18.3 Å². The number of nitrogens with one attached hydrogen (secondary N) is 2. The molecule has 2 aliphatic heterocycles. The third-order valence-corrected chi connectivity index (χ3v) is 5.87. The molecule has 0 aliphatic carbocycles. The Hall–Kier alpha value is -3.89. The van der Waals surface area contributed by atoms with E-state index in [9.17, 15) is 14.0 Å². The highest BCUT2D eigenvalue weighted by Gasteiger charge is 2.49. The molecule has 35 heavy (non-hydrogen) atoms. The summed E-state index contributed by atoms with van der Waals surface area (Å²) in [5.74, 6) is -0.0851. The van der Waals surface area contributed by atoms with Gasteiger partial charge in [0.05, 0.1) is 24.9 Å². The number of amides is 1. The molecule has 2 aliphatic rings. The lowest BCUT2D eigenvalue weighted by atomic mass is 10.1. The third-order valence-electron chi connectivity index (χ3n) is 5.87. The highest BCUT2D eigenvalue weighted by Crippen LogP contribution is 2.31. The molecule has 0 spiro atoms. The van der Waals surface area contributed by atoms with Gasteiger partial charge in [-0.2, -0.15) is 0 Å². The maximum absolute atomic E-state index is 13.6. The summed E-state index contributed by atoms with van der Waals surface area (Å²) in [6, 6.07) is 14.2. The molecule has 2 saturated heterocycles. The van der Waals surface area contributed by atoms with Crippen molar-refractivity contribution < 1.29 is 28.2 Å². The Kier molecular flexibility index (Phi) is 6.39. The van der Waals surface area contributed by atoms with E-state index in [0.29, 0.717) is 35.1 Å². The van der Waals surface area contributed by atoms with Crippen molar-refractivity contribution in [3.8, 4) is 11.3 Å². The van der Waals surface area contributed by atoms with Crippen molar-refractivity contribution in [3.63, 3.8) is 0 Å². The van der Waals surface area contributed by atoms with Crippen molar-refractivity contribution in [2.45, 2.75) is 31.3 Å². The van der Waals surface area contributed by atoms with Gasteiger partial charge in [0.2, 0.25) is 5.95 Å². The number of hydrogen-bond acceptors (Lipinski definition) is 8. The van der Waals surface area contributed by atoms with Gasteiger partial charge in [-0.25, -0.2) is 19.2 Å². The lowest BCUT2D eigenvalue weighted by Gasteiger charge is -2.18. The van der Waals surface area contributed by atoms with E-state index in [1.165, 1.54) is 19.1 Å². The first-order valence-electron chi connectivity index (χ1n) is 11.1. The average Bonchev–Trinajstić information content (AvgIpc) is 3.43. The fourth-order valence-corrected chi connectivity index (χ4v) is 4.19. The summed E-state index contributed by atoms with van der Waals surface area (Å²) in [5.41, 5.74) is 2.17. The van der Waals surface area contributed by atoms with Crippen LogP contribution in [-0.2, 0) is 14.2 Å². The second-order valence-electron chi connectivity index (χ2n) is 8.33. The maximum atomic E-state index is 13.6. The van der Waals surface area contributed by atoms with Gasteiger partial charge in [0, 0.05) is 23.0 Å². The van der Waals surface area contributed by atoms with Crippen molar-refractivity contribution in [2.24, 2.45) is 0 Å². The summed E-state index contributed by atoms with van der Waals surface area (Å²) < 4.78 is 30.8. The maximum Gasteiger partial charge on any atom is 0.412 e. The first kappa shape index (κ1) is 22.9. The molecule has 3 heterocycles. The molecule has 0 bridgehead atoms. The second kappa shape index (κ2) is 9.77.